The van der Waals surface area contributed by atoms with E-state index < -0.39 is 0 Å². The molecular formula is C15H19BrN4OS. The van der Waals surface area contributed by atoms with Crippen LogP contribution in [-0.2, 0) is 0 Å². The van der Waals surface area contributed by atoms with Crippen LogP contribution in [0.3, 0.4) is 0 Å². The first-order valence-corrected chi connectivity index (χ1v) is 9.04. The average Bonchev–Trinajstić information content (AvgIpc) is 2.95. The Bertz CT molecular complexity index is 694. The summed E-state index contributed by atoms with van der Waals surface area (Å²) in [6.45, 7) is 2.73. The number of aromatic nitrogens is 1. The van der Waals surface area contributed by atoms with Gasteiger partial charge >= 0.3 is 0 Å². The molecule has 1 fully saturated rings. The molecule has 118 valence electrons. The number of amides is 1. The maximum absolute atomic E-state index is 11.5. The number of hydrogen-bond acceptors (Lipinski definition) is 5. The summed E-state index contributed by atoms with van der Waals surface area (Å²) >= 11 is 4.93. The number of fused-ring (bicyclic) bond motifs is 1. The van der Waals surface area contributed by atoms with Crippen molar-refractivity contribution in [3.05, 3.63) is 21.6 Å². The lowest BCUT2D eigenvalue weighted by molar-refractivity contribution is 0.100. The normalized spacial score (nSPS) is 16.4. The SMILES string of the molecule is NCCC1CCN(c2ncc(Br)c3cc(C(N)=O)sc23)CC1. The summed E-state index contributed by atoms with van der Waals surface area (Å²) in [6, 6.07) is 1.85. The predicted molar refractivity (Wildman–Crippen MR) is 94.4 cm³/mol. The quantitative estimate of drug-likeness (QED) is 0.850. The van der Waals surface area contributed by atoms with Gasteiger partial charge in [0.1, 0.15) is 5.82 Å². The number of thiophene rings is 1. The van der Waals surface area contributed by atoms with Crippen molar-refractivity contribution < 1.29 is 4.79 Å². The molecule has 4 N–H and O–H groups in total. The summed E-state index contributed by atoms with van der Waals surface area (Å²) < 4.78 is 1.92. The lowest BCUT2D eigenvalue weighted by Gasteiger charge is -2.33. The van der Waals surface area contributed by atoms with E-state index in [1.807, 2.05) is 6.07 Å². The first kappa shape index (κ1) is 15.7. The third-order valence-electron chi connectivity index (χ3n) is 4.22. The van der Waals surface area contributed by atoms with Crippen LogP contribution >= 0.6 is 27.3 Å². The number of piperidine rings is 1. The van der Waals surface area contributed by atoms with E-state index in [2.05, 4.69) is 25.8 Å². The van der Waals surface area contributed by atoms with Crippen LogP contribution in [0.2, 0.25) is 0 Å². The van der Waals surface area contributed by atoms with Gasteiger partial charge in [-0.2, -0.15) is 0 Å². The Balaban J connectivity index is 1.91. The van der Waals surface area contributed by atoms with Gasteiger partial charge in [-0.05, 0) is 53.7 Å². The van der Waals surface area contributed by atoms with Crippen molar-refractivity contribution in [2.45, 2.75) is 19.3 Å². The molecule has 0 radical (unpaired) electrons. The van der Waals surface area contributed by atoms with Crippen molar-refractivity contribution >= 4 is 49.1 Å². The van der Waals surface area contributed by atoms with Gasteiger partial charge in [0.2, 0.25) is 0 Å². The number of hydrogen-bond donors (Lipinski definition) is 2. The Morgan fingerprint density at radius 3 is 2.82 bits per heavy atom. The fourth-order valence-corrected chi connectivity index (χ4v) is 4.59. The molecule has 7 heteroatoms. The second kappa shape index (κ2) is 6.52. The highest BCUT2D eigenvalue weighted by molar-refractivity contribution is 9.10. The van der Waals surface area contributed by atoms with Crippen molar-refractivity contribution in [3.8, 4) is 0 Å². The number of nitrogens with two attached hydrogens (primary N) is 2. The van der Waals surface area contributed by atoms with E-state index in [4.69, 9.17) is 11.5 Å². The van der Waals surface area contributed by atoms with Crippen molar-refractivity contribution in [1.82, 2.24) is 4.98 Å². The van der Waals surface area contributed by atoms with Crippen LogP contribution in [0.25, 0.3) is 10.1 Å². The summed E-state index contributed by atoms with van der Waals surface area (Å²) in [5.74, 6) is 1.29. The van der Waals surface area contributed by atoms with Gasteiger partial charge in [0.05, 0.1) is 9.58 Å². The zero-order valence-corrected chi connectivity index (χ0v) is 14.6. The van der Waals surface area contributed by atoms with Gasteiger partial charge in [-0.25, -0.2) is 4.98 Å². The van der Waals surface area contributed by atoms with Crippen LogP contribution in [-0.4, -0.2) is 30.5 Å². The van der Waals surface area contributed by atoms with Crippen LogP contribution in [0.1, 0.15) is 28.9 Å². The molecule has 0 bridgehead atoms. The highest BCUT2D eigenvalue weighted by Crippen LogP contribution is 2.38. The van der Waals surface area contributed by atoms with Gasteiger partial charge in [0.25, 0.3) is 5.91 Å². The standard InChI is InChI=1S/C15H19BrN4OS/c16-11-8-19-15(13-10(11)7-12(22-13)14(18)21)20-5-2-9(1-4-17)3-6-20/h7-9H,1-6,17H2,(H2,18,21). The number of anilines is 1. The highest BCUT2D eigenvalue weighted by atomic mass is 79.9. The minimum Gasteiger partial charge on any atom is -0.365 e. The topological polar surface area (TPSA) is 85.2 Å². The van der Waals surface area contributed by atoms with Crippen LogP contribution < -0.4 is 16.4 Å². The van der Waals surface area contributed by atoms with E-state index in [-0.39, 0.29) is 5.91 Å². The molecule has 0 unspecified atom stereocenters. The van der Waals surface area contributed by atoms with Gasteiger partial charge in [-0.15, -0.1) is 11.3 Å². The molecule has 1 aliphatic heterocycles. The minimum absolute atomic E-state index is 0.388. The second-order valence-electron chi connectivity index (χ2n) is 5.66. The molecule has 0 saturated carbocycles. The molecule has 0 aliphatic carbocycles. The van der Waals surface area contributed by atoms with Crippen molar-refractivity contribution in [2.75, 3.05) is 24.5 Å². The molecule has 5 nitrogen and oxygen atoms in total. The maximum Gasteiger partial charge on any atom is 0.258 e. The number of carbonyl (C=O) groups is 1. The van der Waals surface area contributed by atoms with Gasteiger partial charge in [-0.3, -0.25) is 4.79 Å². The summed E-state index contributed by atoms with van der Waals surface area (Å²) in [7, 11) is 0. The third-order valence-corrected chi connectivity index (χ3v) is 6.00. The van der Waals surface area contributed by atoms with Crippen molar-refractivity contribution in [3.63, 3.8) is 0 Å². The lowest BCUT2D eigenvalue weighted by atomic mass is 9.93. The van der Waals surface area contributed by atoms with E-state index in [0.29, 0.717) is 4.88 Å². The number of rotatable bonds is 4. The van der Waals surface area contributed by atoms with Crippen LogP contribution in [0.15, 0.2) is 16.7 Å². The molecule has 2 aromatic rings. The zero-order chi connectivity index (χ0) is 15.7. The van der Waals surface area contributed by atoms with E-state index in [0.717, 1.165) is 65.2 Å². The van der Waals surface area contributed by atoms with Gasteiger partial charge < -0.3 is 16.4 Å². The molecule has 1 saturated heterocycles. The Hall–Kier alpha value is -1.18. The summed E-state index contributed by atoms with van der Waals surface area (Å²) in [5, 5.41) is 1.01. The summed E-state index contributed by atoms with van der Waals surface area (Å²) in [5.41, 5.74) is 11.1. The van der Waals surface area contributed by atoms with E-state index in [9.17, 15) is 4.79 Å². The molecule has 2 aromatic heterocycles. The molecule has 0 aromatic carbocycles. The minimum atomic E-state index is -0.388. The van der Waals surface area contributed by atoms with Gasteiger partial charge in [0.15, 0.2) is 0 Å². The molecule has 0 spiro atoms. The highest BCUT2D eigenvalue weighted by Gasteiger charge is 2.23. The second-order valence-corrected chi connectivity index (χ2v) is 7.56. The molecule has 22 heavy (non-hydrogen) atoms. The van der Waals surface area contributed by atoms with Gasteiger partial charge in [0, 0.05) is 29.1 Å². The monoisotopic (exact) mass is 382 g/mol. The maximum atomic E-state index is 11.5. The van der Waals surface area contributed by atoms with Crippen LogP contribution in [0.5, 0.6) is 0 Å². The van der Waals surface area contributed by atoms with E-state index in [1.54, 1.807) is 6.20 Å². The summed E-state index contributed by atoms with van der Waals surface area (Å²) in [6.07, 6.45) is 5.19. The van der Waals surface area contributed by atoms with Crippen molar-refractivity contribution in [2.24, 2.45) is 17.4 Å². The molecular weight excluding hydrogens is 364 g/mol. The fourth-order valence-electron chi connectivity index (χ4n) is 3.00. The predicted octanol–water partition coefficient (Wildman–Crippen LogP) is 2.72. The van der Waals surface area contributed by atoms with Crippen LogP contribution in [0.4, 0.5) is 5.82 Å². The Morgan fingerprint density at radius 1 is 1.45 bits per heavy atom. The lowest BCUT2D eigenvalue weighted by Crippen LogP contribution is -2.34. The number of primary amides is 1. The fraction of sp³-hybridized carbons (Fsp3) is 0.467. The van der Waals surface area contributed by atoms with Crippen LogP contribution in [0, 0.1) is 5.92 Å². The summed E-state index contributed by atoms with van der Waals surface area (Å²) in [4.78, 5) is 18.9. The average molecular weight is 383 g/mol. The first-order chi connectivity index (χ1) is 10.6. The number of halogens is 1. The van der Waals surface area contributed by atoms with E-state index >= 15 is 0 Å². The van der Waals surface area contributed by atoms with Gasteiger partial charge in [-0.1, -0.05) is 0 Å². The third kappa shape index (κ3) is 2.98. The van der Waals surface area contributed by atoms with Crippen molar-refractivity contribution in [1.29, 1.82) is 0 Å². The Kier molecular flexibility index (Phi) is 4.65. The Morgan fingerprint density at radius 2 is 2.18 bits per heavy atom. The molecule has 3 heterocycles. The number of pyridine rings is 1. The van der Waals surface area contributed by atoms with E-state index in [1.165, 1.54) is 11.3 Å². The molecule has 3 rings (SSSR count). The molecule has 1 amide bonds. The zero-order valence-electron chi connectivity index (χ0n) is 12.2. The number of nitrogens with zero attached hydrogens (tertiary/aromatic N) is 2. The molecule has 0 atom stereocenters. The first-order valence-electron chi connectivity index (χ1n) is 7.43. The smallest absolute Gasteiger partial charge is 0.258 e. The molecule has 1 aliphatic rings. The Labute approximate surface area is 141 Å². The largest absolute Gasteiger partial charge is 0.365 e. The number of carbonyl (C=O) groups excluding carboxylic acids is 1.